The van der Waals surface area contributed by atoms with Crippen molar-refractivity contribution in [3.05, 3.63) is 65.7 Å². The topological polar surface area (TPSA) is 48.9 Å². The molecule has 5 nitrogen and oxygen atoms in total. The number of rotatable bonds is 9. The zero-order chi connectivity index (χ0) is 20.3. The van der Waals surface area contributed by atoms with E-state index in [1.165, 1.54) is 18.5 Å². The molecule has 0 aromatic heterocycles. The molecule has 1 aliphatic heterocycles. The molecule has 1 unspecified atom stereocenters. The third kappa shape index (κ3) is 8.14. The quantitative estimate of drug-likeness (QED) is 0.298. The highest BCUT2D eigenvalue weighted by Crippen LogP contribution is 2.16. The molecule has 3 rings (SSSR count). The van der Waals surface area contributed by atoms with Crippen LogP contribution in [-0.2, 0) is 13.0 Å². The minimum Gasteiger partial charge on any atom is -0.497 e. The maximum absolute atomic E-state index is 5.30. The molecule has 6 heteroatoms. The van der Waals surface area contributed by atoms with Crippen LogP contribution in [0.5, 0.6) is 5.75 Å². The first-order valence-electron chi connectivity index (χ1n) is 10.7. The van der Waals surface area contributed by atoms with Gasteiger partial charge in [0, 0.05) is 26.2 Å². The molecule has 0 aliphatic carbocycles. The third-order valence-corrected chi connectivity index (χ3v) is 5.39. The number of nitrogens with one attached hydrogen (secondary N) is 2. The summed E-state index contributed by atoms with van der Waals surface area (Å²) in [7, 11) is 1.69. The maximum atomic E-state index is 5.30. The average Bonchev–Trinajstić information content (AvgIpc) is 3.23. The fraction of sp³-hybridized carbons (Fsp3) is 0.458. The third-order valence-electron chi connectivity index (χ3n) is 5.39. The van der Waals surface area contributed by atoms with Crippen molar-refractivity contribution in [3.8, 4) is 5.75 Å². The van der Waals surface area contributed by atoms with E-state index in [9.17, 15) is 0 Å². The van der Waals surface area contributed by atoms with E-state index in [0.717, 1.165) is 49.9 Å². The Morgan fingerprint density at radius 1 is 1.10 bits per heavy atom. The van der Waals surface area contributed by atoms with Gasteiger partial charge in [-0.05, 0) is 55.5 Å². The fourth-order valence-corrected chi connectivity index (χ4v) is 3.74. The van der Waals surface area contributed by atoms with E-state index in [0.29, 0.717) is 12.5 Å². The van der Waals surface area contributed by atoms with Crippen molar-refractivity contribution in [1.82, 2.24) is 15.5 Å². The highest BCUT2D eigenvalue weighted by Gasteiger charge is 2.22. The summed E-state index contributed by atoms with van der Waals surface area (Å²) in [6, 6.07) is 18.9. The van der Waals surface area contributed by atoms with Crippen LogP contribution in [0.2, 0.25) is 0 Å². The van der Waals surface area contributed by atoms with E-state index < -0.39 is 0 Å². The number of aliphatic imine (C=N–C) groups is 1. The molecule has 30 heavy (non-hydrogen) atoms. The molecule has 1 aliphatic rings. The van der Waals surface area contributed by atoms with Crippen molar-refractivity contribution in [1.29, 1.82) is 0 Å². The Bertz CT molecular complexity index is 769. The highest BCUT2D eigenvalue weighted by atomic mass is 127. The van der Waals surface area contributed by atoms with Crippen LogP contribution in [0.25, 0.3) is 0 Å². The van der Waals surface area contributed by atoms with Gasteiger partial charge in [-0.1, -0.05) is 42.5 Å². The molecular weight excluding hydrogens is 487 g/mol. The Hall–Kier alpha value is -1.80. The molecule has 0 saturated carbocycles. The lowest BCUT2D eigenvalue weighted by Gasteiger charge is -2.17. The van der Waals surface area contributed by atoms with E-state index >= 15 is 0 Å². The summed E-state index contributed by atoms with van der Waals surface area (Å²) in [5.74, 6) is 2.43. The monoisotopic (exact) mass is 522 g/mol. The predicted molar refractivity (Wildman–Crippen MR) is 136 cm³/mol. The van der Waals surface area contributed by atoms with Gasteiger partial charge < -0.3 is 20.3 Å². The fourth-order valence-electron chi connectivity index (χ4n) is 3.74. The summed E-state index contributed by atoms with van der Waals surface area (Å²) in [5, 5.41) is 6.89. The normalized spacial score (nSPS) is 16.7. The Morgan fingerprint density at radius 3 is 2.67 bits per heavy atom. The molecule has 0 amide bonds. The zero-order valence-electron chi connectivity index (χ0n) is 18.1. The number of halogens is 1. The van der Waals surface area contributed by atoms with E-state index in [1.807, 2.05) is 18.2 Å². The standard InChI is InChI=1S/C24H34N4O.HI/c1-3-25-24(26-17-21-10-7-11-23(16-21)29-2)27-18-22-13-15-28(19-22)14-12-20-8-5-4-6-9-20;/h4-11,16,22H,3,12-15,17-19H2,1-2H3,(H2,25,26,27);1H. The van der Waals surface area contributed by atoms with Gasteiger partial charge in [-0.25, -0.2) is 4.99 Å². The van der Waals surface area contributed by atoms with Crippen molar-refractivity contribution >= 4 is 29.9 Å². The molecule has 164 valence electrons. The van der Waals surface area contributed by atoms with Gasteiger partial charge in [-0.15, -0.1) is 24.0 Å². The van der Waals surface area contributed by atoms with Crippen LogP contribution in [-0.4, -0.2) is 50.7 Å². The lowest BCUT2D eigenvalue weighted by molar-refractivity contribution is 0.328. The lowest BCUT2D eigenvalue weighted by atomic mass is 10.1. The largest absolute Gasteiger partial charge is 0.497 e. The number of likely N-dealkylation sites (tertiary alicyclic amines) is 1. The van der Waals surface area contributed by atoms with Crippen LogP contribution in [0.15, 0.2) is 59.6 Å². The second-order valence-electron chi connectivity index (χ2n) is 7.62. The molecule has 0 radical (unpaired) electrons. The average molecular weight is 522 g/mol. The van der Waals surface area contributed by atoms with Crippen LogP contribution in [0.1, 0.15) is 24.5 Å². The summed E-state index contributed by atoms with van der Waals surface area (Å²) >= 11 is 0. The SMILES string of the molecule is CCNC(=NCc1cccc(OC)c1)NCC1CCN(CCc2ccccc2)C1.I. The van der Waals surface area contributed by atoms with Gasteiger partial charge in [0.15, 0.2) is 5.96 Å². The number of benzene rings is 2. The number of nitrogens with zero attached hydrogens (tertiary/aromatic N) is 2. The molecule has 2 aromatic rings. The second kappa shape index (κ2) is 13.5. The molecule has 2 aromatic carbocycles. The van der Waals surface area contributed by atoms with Crippen LogP contribution >= 0.6 is 24.0 Å². The summed E-state index contributed by atoms with van der Waals surface area (Å²) in [5.41, 5.74) is 2.57. The molecule has 0 spiro atoms. The van der Waals surface area contributed by atoms with Crippen molar-refractivity contribution in [2.24, 2.45) is 10.9 Å². The predicted octanol–water partition coefficient (Wildman–Crippen LogP) is 3.93. The van der Waals surface area contributed by atoms with Crippen molar-refractivity contribution < 1.29 is 4.74 Å². The van der Waals surface area contributed by atoms with E-state index in [-0.39, 0.29) is 24.0 Å². The van der Waals surface area contributed by atoms with Gasteiger partial charge in [0.2, 0.25) is 0 Å². The zero-order valence-corrected chi connectivity index (χ0v) is 20.5. The van der Waals surface area contributed by atoms with E-state index in [1.54, 1.807) is 7.11 Å². The molecule has 1 fully saturated rings. The van der Waals surface area contributed by atoms with Gasteiger partial charge in [-0.2, -0.15) is 0 Å². The van der Waals surface area contributed by atoms with Crippen LogP contribution in [0.3, 0.4) is 0 Å². The lowest BCUT2D eigenvalue weighted by Crippen LogP contribution is -2.40. The van der Waals surface area contributed by atoms with E-state index in [4.69, 9.17) is 9.73 Å². The molecular formula is C24H35IN4O. The van der Waals surface area contributed by atoms with Crippen molar-refractivity contribution in [3.63, 3.8) is 0 Å². The number of hydrogen-bond acceptors (Lipinski definition) is 3. The number of methoxy groups -OCH3 is 1. The Labute approximate surface area is 198 Å². The van der Waals surface area contributed by atoms with E-state index in [2.05, 4.69) is 58.9 Å². The minimum atomic E-state index is 0. The van der Waals surface area contributed by atoms with Crippen LogP contribution in [0.4, 0.5) is 0 Å². The number of guanidine groups is 1. The maximum Gasteiger partial charge on any atom is 0.191 e. The van der Waals surface area contributed by atoms with Crippen molar-refractivity contribution in [2.75, 3.05) is 39.8 Å². The molecule has 1 saturated heterocycles. The van der Waals surface area contributed by atoms with Gasteiger partial charge in [-0.3, -0.25) is 0 Å². The molecule has 0 bridgehead atoms. The molecule has 2 N–H and O–H groups in total. The smallest absolute Gasteiger partial charge is 0.191 e. The summed E-state index contributed by atoms with van der Waals surface area (Å²) in [6.45, 7) is 8.06. The van der Waals surface area contributed by atoms with Gasteiger partial charge in [0.1, 0.15) is 5.75 Å². The Morgan fingerprint density at radius 2 is 1.90 bits per heavy atom. The first-order chi connectivity index (χ1) is 14.3. The summed E-state index contributed by atoms with van der Waals surface area (Å²) in [6.07, 6.45) is 2.38. The summed E-state index contributed by atoms with van der Waals surface area (Å²) in [4.78, 5) is 7.32. The Balaban J connectivity index is 0.00000320. The number of hydrogen-bond donors (Lipinski definition) is 2. The highest BCUT2D eigenvalue weighted by molar-refractivity contribution is 14.0. The molecule has 1 heterocycles. The van der Waals surface area contributed by atoms with Gasteiger partial charge >= 0.3 is 0 Å². The summed E-state index contributed by atoms with van der Waals surface area (Å²) < 4.78 is 5.30. The first kappa shape index (κ1) is 24.5. The van der Waals surface area contributed by atoms with Crippen LogP contribution < -0.4 is 15.4 Å². The minimum absolute atomic E-state index is 0. The van der Waals surface area contributed by atoms with Crippen LogP contribution in [0, 0.1) is 5.92 Å². The second-order valence-corrected chi connectivity index (χ2v) is 7.62. The Kier molecular flexibility index (Phi) is 11.0. The van der Waals surface area contributed by atoms with Gasteiger partial charge in [0.05, 0.1) is 13.7 Å². The molecule has 1 atom stereocenters. The first-order valence-corrected chi connectivity index (χ1v) is 10.7. The number of ether oxygens (including phenoxy) is 1. The van der Waals surface area contributed by atoms with Crippen molar-refractivity contribution in [2.45, 2.75) is 26.3 Å². The van der Waals surface area contributed by atoms with Gasteiger partial charge in [0.25, 0.3) is 0 Å².